The minimum Gasteiger partial charge on any atom is -0.308 e. The molecule has 1 aliphatic heterocycles. The molecule has 2 rings (SSSR count). The third-order valence-electron chi connectivity index (χ3n) is 5.52. The van der Waals surface area contributed by atoms with Gasteiger partial charge in [0.1, 0.15) is 0 Å². The zero-order valence-electron chi connectivity index (χ0n) is 13.8. The first-order valence-corrected chi connectivity index (χ1v) is 8.39. The van der Waals surface area contributed by atoms with Crippen molar-refractivity contribution in [3.8, 4) is 0 Å². The predicted molar refractivity (Wildman–Crippen MR) is 83.5 cm³/mol. The second kappa shape index (κ2) is 5.73. The van der Waals surface area contributed by atoms with E-state index in [0.29, 0.717) is 23.0 Å². The lowest BCUT2D eigenvalue weighted by Crippen LogP contribution is -2.68. The van der Waals surface area contributed by atoms with Crippen LogP contribution >= 0.6 is 0 Å². The van der Waals surface area contributed by atoms with Crippen LogP contribution in [-0.4, -0.2) is 35.6 Å². The van der Waals surface area contributed by atoms with Crippen molar-refractivity contribution < 1.29 is 0 Å². The van der Waals surface area contributed by atoms with Crippen LogP contribution < -0.4 is 5.32 Å². The summed E-state index contributed by atoms with van der Waals surface area (Å²) >= 11 is 0. The van der Waals surface area contributed by atoms with E-state index in [1.807, 2.05) is 0 Å². The zero-order chi connectivity index (χ0) is 14.1. The lowest BCUT2D eigenvalue weighted by atomic mass is 9.75. The van der Waals surface area contributed by atoms with Gasteiger partial charge in [0.05, 0.1) is 0 Å². The van der Waals surface area contributed by atoms with E-state index in [9.17, 15) is 0 Å². The molecule has 1 aliphatic carbocycles. The monoisotopic (exact) mass is 266 g/mol. The Labute approximate surface area is 120 Å². The SMILES string of the molecule is CCC(C)N1CC2(CCCCC2)NCC1C(C)(C)C. The van der Waals surface area contributed by atoms with Gasteiger partial charge in [-0.05, 0) is 31.6 Å². The zero-order valence-corrected chi connectivity index (χ0v) is 13.8. The molecule has 1 heterocycles. The summed E-state index contributed by atoms with van der Waals surface area (Å²) in [6.07, 6.45) is 8.31. The number of rotatable bonds is 2. The molecule has 1 saturated heterocycles. The van der Waals surface area contributed by atoms with Gasteiger partial charge >= 0.3 is 0 Å². The van der Waals surface area contributed by atoms with Crippen LogP contribution in [0.25, 0.3) is 0 Å². The third kappa shape index (κ3) is 3.33. The first kappa shape index (κ1) is 15.3. The maximum absolute atomic E-state index is 3.96. The summed E-state index contributed by atoms with van der Waals surface area (Å²) in [4.78, 5) is 2.82. The summed E-state index contributed by atoms with van der Waals surface area (Å²) in [6.45, 7) is 14.4. The minimum atomic E-state index is 0.368. The topological polar surface area (TPSA) is 15.3 Å². The molecular formula is C17H34N2. The standard InChI is InChI=1S/C17H34N2/c1-6-14(2)19-13-17(10-8-7-9-11-17)18-12-15(19)16(3,4)5/h14-15,18H,6-13H2,1-5H3. The Morgan fingerprint density at radius 1 is 1.21 bits per heavy atom. The van der Waals surface area contributed by atoms with E-state index in [4.69, 9.17) is 0 Å². The molecule has 19 heavy (non-hydrogen) atoms. The highest BCUT2D eigenvalue weighted by molar-refractivity contribution is 5.03. The Balaban J connectivity index is 2.14. The molecule has 0 aromatic carbocycles. The van der Waals surface area contributed by atoms with Crippen molar-refractivity contribution in [1.82, 2.24) is 10.2 Å². The molecule has 0 bridgehead atoms. The molecule has 1 N–H and O–H groups in total. The van der Waals surface area contributed by atoms with Crippen molar-refractivity contribution in [2.45, 2.75) is 90.8 Å². The van der Waals surface area contributed by atoms with E-state index < -0.39 is 0 Å². The molecule has 112 valence electrons. The summed E-state index contributed by atoms with van der Waals surface area (Å²) in [5, 5.41) is 3.96. The minimum absolute atomic E-state index is 0.368. The summed E-state index contributed by atoms with van der Waals surface area (Å²) < 4.78 is 0. The average Bonchev–Trinajstić information content (AvgIpc) is 2.37. The van der Waals surface area contributed by atoms with Crippen molar-refractivity contribution >= 4 is 0 Å². The molecule has 2 heteroatoms. The Bertz CT molecular complexity index is 286. The van der Waals surface area contributed by atoms with Crippen molar-refractivity contribution in [1.29, 1.82) is 0 Å². The van der Waals surface area contributed by atoms with E-state index in [0.717, 1.165) is 0 Å². The molecule has 0 aromatic heterocycles. The van der Waals surface area contributed by atoms with Gasteiger partial charge in [-0.3, -0.25) is 4.90 Å². The summed E-state index contributed by atoms with van der Waals surface area (Å²) in [5.41, 5.74) is 0.802. The van der Waals surface area contributed by atoms with Gasteiger partial charge in [0.2, 0.25) is 0 Å². The van der Waals surface area contributed by atoms with Crippen LogP contribution in [0, 0.1) is 5.41 Å². The van der Waals surface area contributed by atoms with Gasteiger partial charge in [0.15, 0.2) is 0 Å². The highest BCUT2D eigenvalue weighted by atomic mass is 15.3. The third-order valence-corrected chi connectivity index (χ3v) is 5.52. The Morgan fingerprint density at radius 3 is 2.37 bits per heavy atom. The summed E-state index contributed by atoms with van der Waals surface area (Å²) in [5.74, 6) is 0. The maximum atomic E-state index is 3.96. The number of hydrogen-bond donors (Lipinski definition) is 1. The second-order valence-corrected chi connectivity index (χ2v) is 8.03. The first-order chi connectivity index (χ1) is 8.88. The normalized spacial score (nSPS) is 30.5. The average molecular weight is 266 g/mol. The maximum Gasteiger partial charge on any atom is 0.0309 e. The van der Waals surface area contributed by atoms with Gasteiger partial charge in [-0.15, -0.1) is 0 Å². The number of nitrogens with one attached hydrogen (secondary N) is 1. The van der Waals surface area contributed by atoms with Crippen LogP contribution in [0.2, 0.25) is 0 Å². The van der Waals surface area contributed by atoms with Crippen molar-refractivity contribution in [3.63, 3.8) is 0 Å². The molecule has 2 aliphatic rings. The Kier molecular flexibility index (Phi) is 4.62. The van der Waals surface area contributed by atoms with E-state index in [1.54, 1.807) is 0 Å². The second-order valence-electron chi connectivity index (χ2n) is 8.03. The highest BCUT2D eigenvalue weighted by Crippen LogP contribution is 2.36. The van der Waals surface area contributed by atoms with Crippen LogP contribution in [0.5, 0.6) is 0 Å². The predicted octanol–water partition coefficient (Wildman–Crippen LogP) is 3.81. The number of hydrogen-bond acceptors (Lipinski definition) is 2. The highest BCUT2D eigenvalue weighted by Gasteiger charge is 2.44. The van der Waals surface area contributed by atoms with Crippen LogP contribution in [0.15, 0.2) is 0 Å². The fourth-order valence-electron chi connectivity index (χ4n) is 4.01. The van der Waals surface area contributed by atoms with Crippen molar-refractivity contribution in [2.75, 3.05) is 13.1 Å². The van der Waals surface area contributed by atoms with Gasteiger partial charge in [0, 0.05) is 30.7 Å². The molecule has 1 spiro atoms. The fourth-order valence-corrected chi connectivity index (χ4v) is 4.01. The first-order valence-electron chi connectivity index (χ1n) is 8.39. The molecule has 2 nitrogen and oxygen atoms in total. The van der Waals surface area contributed by atoms with Crippen LogP contribution in [-0.2, 0) is 0 Å². The quantitative estimate of drug-likeness (QED) is 0.817. The lowest BCUT2D eigenvalue weighted by molar-refractivity contribution is -0.0158. The molecule has 0 aromatic rings. The number of nitrogens with zero attached hydrogens (tertiary/aromatic N) is 1. The largest absolute Gasteiger partial charge is 0.308 e. The number of piperazine rings is 1. The van der Waals surface area contributed by atoms with E-state index in [-0.39, 0.29) is 0 Å². The van der Waals surface area contributed by atoms with Crippen LogP contribution in [0.4, 0.5) is 0 Å². The Hall–Kier alpha value is -0.0800. The van der Waals surface area contributed by atoms with Crippen molar-refractivity contribution in [3.05, 3.63) is 0 Å². The van der Waals surface area contributed by atoms with Gasteiger partial charge < -0.3 is 5.32 Å². The van der Waals surface area contributed by atoms with Crippen LogP contribution in [0.1, 0.15) is 73.1 Å². The summed E-state index contributed by atoms with van der Waals surface area (Å²) in [6, 6.07) is 1.39. The van der Waals surface area contributed by atoms with E-state index in [2.05, 4.69) is 44.8 Å². The molecule has 2 fully saturated rings. The van der Waals surface area contributed by atoms with Gasteiger partial charge in [-0.1, -0.05) is 47.0 Å². The lowest BCUT2D eigenvalue weighted by Gasteiger charge is -2.55. The van der Waals surface area contributed by atoms with Crippen LogP contribution in [0.3, 0.4) is 0 Å². The van der Waals surface area contributed by atoms with Gasteiger partial charge in [0.25, 0.3) is 0 Å². The van der Waals surface area contributed by atoms with E-state index >= 15 is 0 Å². The van der Waals surface area contributed by atoms with Gasteiger partial charge in [-0.2, -0.15) is 0 Å². The molecular weight excluding hydrogens is 232 g/mol. The smallest absolute Gasteiger partial charge is 0.0309 e. The molecule has 1 saturated carbocycles. The van der Waals surface area contributed by atoms with Gasteiger partial charge in [-0.25, -0.2) is 0 Å². The molecule has 2 unspecified atom stereocenters. The fraction of sp³-hybridized carbons (Fsp3) is 1.00. The molecule has 2 atom stereocenters. The molecule has 0 amide bonds. The summed E-state index contributed by atoms with van der Waals surface area (Å²) in [7, 11) is 0. The van der Waals surface area contributed by atoms with Crippen molar-refractivity contribution in [2.24, 2.45) is 5.41 Å². The van der Waals surface area contributed by atoms with E-state index in [1.165, 1.54) is 51.6 Å². The Morgan fingerprint density at radius 2 is 1.84 bits per heavy atom. The molecule has 0 radical (unpaired) electrons.